The Bertz CT molecular complexity index is 260. The molecule has 1 saturated carbocycles. The van der Waals surface area contributed by atoms with Crippen LogP contribution in [0.1, 0.15) is 37.7 Å². The van der Waals surface area contributed by atoms with Gasteiger partial charge >= 0.3 is 0 Å². The minimum absolute atomic E-state index is 0.674. The van der Waals surface area contributed by atoms with Crippen LogP contribution in [0.4, 0.5) is 4.39 Å². The van der Waals surface area contributed by atoms with E-state index >= 15 is 0 Å². The third-order valence-electron chi connectivity index (χ3n) is 2.84. The van der Waals surface area contributed by atoms with Crippen molar-refractivity contribution in [2.45, 2.75) is 37.8 Å². The van der Waals surface area contributed by atoms with Crippen LogP contribution in [0.2, 0.25) is 0 Å². The highest BCUT2D eigenvalue weighted by molar-refractivity contribution is 5.21. The molecule has 0 saturated heterocycles. The van der Waals surface area contributed by atoms with Gasteiger partial charge in [0.15, 0.2) is 0 Å². The van der Waals surface area contributed by atoms with Gasteiger partial charge < -0.3 is 0 Å². The van der Waals surface area contributed by atoms with Gasteiger partial charge in [0.2, 0.25) is 0 Å². The topological polar surface area (TPSA) is 0 Å². The molecule has 1 heteroatoms. The lowest BCUT2D eigenvalue weighted by atomic mass is 9.81. The number of hydrogen-bond acceptors (Lipinski definition) is 0. The van der Waals surface area contributed by atoms with E-state index in [9.17, 15) is 4.39 Å². The fourth-order valence-electron chi connectivity index (χ4n) is 2.05. The van der Waals surface area contributed by atoms with E-state index in [0.717, 1.165) is 18.4 Å². The third kappa shape index (κ3) is 1.74. The predicted octanol–water partition coefficient (Wildman–Crippen LogP) is 3.62. The molecule has 0 aromatic heterocycles. The van der Waals surface area contributed by atoms with Crippen LogP contribution in [-0.4, -0.2) is 0 Å². The summed E-state index contributed by atoms with van der Waals surface area (Å²) in [5.41, 5.74) is -0.339. The van der Waals surface area contributed by atoms with Gasteiger partial charge in [0, 0.05) is 0 Å². The van der Waals surface area contributed by atoms with Crippen molar-refractivity contribution in [1.29, 1.82) is 0 Å². The van der Waals surface area contributed by atoms with Crippen molar-refractivity contribution < 1.29 is 4.39 Å². The Morgan fingerprint density at radius 1 is 1.15 bits per heavy atom. The lowest BCUT2D eigenvalue weighted by Crippen LogP contribution is -2.23. The maximum absolute atomic E-state index is 14.3. The van der Waals surface area contributed by atoms with Crippen molar-refractivity contribution >= 4 is 0 Å². The molecule has 1 aliphatic carbocycles. The minimum Gasteiger partial charge on any atom is -0.239 e. The van der Waals surface area contributed by atoms with Crippen LogP contribution in [0.5, 0.6) is 0 Å². The van der Waals surface area contributed by atoms with E-state index in [1.54, 1.807) is 6.07 Å². The number of alkyl halides is 1. The molecule has 0 nitrogen and oxygen atoms in total. The summed E-state index contributed by atoms with van der Waals surface area (Å²) in [6.07, 6.45) is 4.55. The Morgan fingerprint density at radius 2 is 1.92 bits per heavy atom. The van der Waals surface area contributed by atoms with Gasteiger partial charge in [-0.2, -0.15) is 0 Å². The van der Waals surface area contributed by atoms with Crippen molar-refractivity contribution in [1.82, 2.24) is 0 Å². The molecule has 0 amide bonds. The number of benzene rings is 1. The van der Waals surface area contributed by atoms with Crippen molar-refractivity contribution in [3.8, 4) is 0 Å². The van der Waals surface area contributed by atoms with Gasteiger partial charge in [-0.15, -0.1) is 0 Å². The van der Waals surface area contributed by atoms with Gasteiger partial charge in [0.05, 0.1) is 0 Å². The van der Waals surface area contributed by atoms with Gasteiger partial charge in [-0.3, -0.25) is 0 Å². The molecule has 2 rings (SSSR count). The third-order valence-corrected chi connectivity index (χ3v) is 2.84. The molecular weight excluding hydrogens is 163 g/mol. The van der Waals surface area contributed by atoms with E-state index in [-0.39, 0.29) is 0 Å². The molecule has 0 bridgehead atoms. The fraction of sp³-hybridized carbons (Fsp3) is 0.500. The van der Waals surface area contributed by atoms with E-state index in [0.29, 0.717) is 12.8 Å². The quantitative estimate of drug-likeness (QED) is 0.614. The summed E-state index contributed by atoms with van der Waals surface area (Å²) in [6.45, 7) is 0. The first-order chi connectivity index (χ1) is 6.31. The monoisotopic (exact) mass is 177 g/mol. The van der Waals surface area contributed by atoms with Crippen molar-refractivity contribution in [2.24, 2.45) is 0 Å². The standard InChI is InChI=1S/C12H14F/c13-12(9-5-2-6-10-12)11-7-3-1-4-8-11/h1,3-4,7H,2,5-6,9-10H2. The van der Waals surface area contributed by atoms with Crippen molar-refractivity contribution in [3.05, 3.63) is 35.9 Å². The average Bonchev–Trinajstić information content (AvgIpc) is 2.20. The Morgan fingerprint density at radius 3 is 2.54 bits per heavy atom. The molecule has 0 atom stereocenters. The van der Waals surface area contributed by atoms with E-state index in [2.05, 4.69) is 6.07 Å². The van der Waals surface area contributed by atoms with Gasteiger partial charge in [0.25, 0.3) is 0 Å². The fourth-order valence-corrected chi connectivity index (χ4v) is 2.05. The molecular formula is C12H14F. The zero-order chi connectivity index (χ0) is 9.15. The second-order valence-corrected chi connectivity index (χ2v) is 3.80. The first kappa shape index (κ1) is 8.74. The summed E-state index contributed by atoms with van der Waals surface area (Å²) in [5, 5.41) is 0. The summed E-state index contributed by atoms with van der Waals surface area (Å²) in [6, 6.07) is 10.4. The molecule has 1 fully saturated rings. The van der Waals surface area contributed by atoms with Gasteiger partial charge in [-0.1, -0.05) is 30.7 Å². The molecule has 0 N–H and O–H groups in total. The molecule has 13 heavy (non-hydrogen) atoms. The maximum atomic E-state index is 14.3. The van der Waals surface area contributed by atoms with Crippen LogP contribution in [0.15, 0.2) is 24.3 Å². The highest BCUT2D eigenvalue weighted by Gasteiger charge is 2.33. The van der Waals surface area contributed by atoms with Gasteiger partial charge in [-0.05, 0) is 37.3 Å². The molecule has 1 aromatic rings. The maximum Gasteiger partial charge on any atom is 0.136 e. The molecule has 0 unspecified atom stereocenters. The van der Waals surface area contributed by atoms with Crippen LogP contribution in [0, 0.1) is 6.07 Å². The van der Waals surface area contributed by atoms with Crippen LogP contribution >= 0.6 is 0 Å². The molecule has 69 valence electrons. The first-order valence-corrected chi connectivity index (χ1v) is 4.97. The average molecular weight is 177 g/mol. The highest BCUT2D eigenvalue weighted by Crippen LogP contribution is 2.40. The zero-order valence-corrected chi connectivity index (χ0v) is 7.72. The van der Waals surface area contributed by atoms with Crippen LogP contribution in [0.3, 0.4) is 0 Å². The first-order valence-electron chi connectivity index (χ1n) is 4.97. The lowest BCUT2D eigenvalue weighted by Gasteiger charge is -2.29. The smallest absolute Gasteiger partial charge is 0.136 e. The Labute approximate surface area is 78.8 Å². The summed E-state index contributed by atoms with van der Waals surface area (Å²) in [7, 11) is 0. The SMILES string of the molecule is FC1(c2[c]cccc2)CCCCC1. The molecule has 0 spiro atoms. The Balaban J connectivity index is 2.23. The van der Waals surface area contributed by atoms with E-state index in [1.807, 2.05) is 18.2 Å². The van der Waals surface area contributed by atoms with Crippen molar-refractivity contribution in [3.63, 3.8) is 0 Å². The van der Waals surface area contributed by atoms with Crippen LogP contribution in [-0.2, 0) is 5.67 Å². The highest BCUT2D eigenvalue weighted by atomic mass is 19.1. The van der Waals surface area contributed by atoms with E-state index in [1.165, 1.54) is 6.42 Å². The van der Waals surface area contributed by atoms with Gasteiger partial charge in [-0.25, -0.2) is 4.39 Å². The molecule has 1 radical (unpaired) electrons. The zero-order valence-electron chi connectivity index (χ0n) is 7.72. The van der Waals surface area contributed by atoms with E-state index in [4.69, 9.17) is 0 Å². The molecule has 1 aliphatic rings. The molecule has 0 heterocycles. The molecule has 0 aliphatic heterocycles. The van der Waals surface area contributed by atoms with Crippen molar-refractivity contribution in [2.75, 3.05) is 0 Å². The second-order valence-electron chi connectivity index (χ2n) is 3.80. The van der Waals surface area contributed by atoms with E-state index < -0.39 is 5.67 Å². The number of hydrogen-bond donors (Lipinski definition) is 0. The minimum atomic E-state index is -1.08. The summed E-state index contributed by atoms with van der Waals surface area (Å²) in [4.78, 5) is 0. The Hall–Kier alpha value is -0.850. The Kier molecular flexibility index (Phi) is 2.34. The second kappa shape index (κ2) is 3.49. The predicted molar refractivity (Wildman–Crippen MR) is 51.1 cm³/mol. The number of rotatable bonds is 1. The molecule has 1 aromatic carbocycles. The lowest BCUT2D eigenvalue weighted by molar-refractivity contribution is 0.106. The van der Waals surface area contributed by atoms with Crippen LogP contribution < -0.4 is 0 Å². The normalized spacial score (nSPS) is 21.3. The number of halogens is 1. The largest absolute Gasteiger partial charge is 0.239 e. The van der Waals surface area contributed by atoms with Crippen LogP contribution in [0.25, 0.3) is 0 Å². The van der Waals surface area contributed by atoms with Gasteiger partial charge in [0.1, 0.15) is 5.67 Å². The summed E-state index contributed by atoms with van der Waals surface area (Å²) >= 11 is 0. The summed E-state index contributed by atoms with van der Waals surface area (Å²) < 4.78 is 14.3. The summed E-state index contributed by atoms with van der Waals surface area (Å²) in [5.74, 6) is 0.